The lowest BCUT2D eigenvalue weighted by molar-refractivity contribution is 0.284. The first-order valence-electron chi connectivity index (χ1n) is 6.42. The van der Waals surface area contributed by atoms with Gasteiger partial charge in [-0.3, -0.25) is 0 Å². The molecule has 18 heavy (non-hydrogen) atoms. The minimum Gasteiger partial charge on any atom is -0.363 e. The quantitative estimate of drug-likeness (QED) is 0.894. The van der Waals surface area contributed by atoms with E-state index in [1.807, 2.05) is 0 Å². The van der Waals surface area contributed by atoms with E-state index >= 15 is 0 Å². The number of aryl methyl sites for hydroxylation is 2. The molecule has 1 fully saturated rings. The maximum Gasteiger partial charge on any atom is 0.186 e. The molecule has 100 valence electrons. The Hall–Kier alpha value is -1.23. The number of halogens is 1. The number of rotatable bonds is 3. The molecular formula is C13H21FN4. The summed E-state index contributed by atoms with van der Waals surface area (Å²) in [5, 5.41) is 3.25. The molecule has 0 saturated heterocycles. The van der Waals surface area contributed by atoms with Gasteiger partial charge in [-0.25, -0.2) is 14.4 Å². The topological polar surface area (TPSA) is 41.1 Å². The maximum atomic E-state index is 14.0. The minimum atomic E-state index is -0.329. The van der Waals surface area contributed by atoms with Crippen LogP contribution in [0.1, 0.15) is 30.8 Å². The van der Waals surface area contributed by atoms with Gasteiger partial charge in [0.25, 0.3) is 0 Å². The van der Waals surface area contributed by atoms with Crippen LogP contribution >= 0.6 is 0 Å². The Morgan fingerprint density at radius 2 is 1.94 bits per heavy atom. The van der Waals surface area contributed by atoms with Crippen LogP contribution in [0.3, 0.4) is 0 Å². The summed E-state index contributed by atoms with van der Waals surface area (Å²) in [5.74, 6) is 0.625. The fraction of sp³-hybridized carbons (Fsp3) is 0.692. The molecule has 2 rings (SSSR count). The Labute approximate surface area is 108 Å². The number of anilines is 1. The second-order valence-electron chi connectivity index (χ2n) is 5.23. The third kappa shape index (κ3) is 2.61. The summed E-state index contributed by atoms with van der Waals surface area (Å²) in [7, 11) is 4.13. The zero-order valence-corrected chi connectivity index (χ0v) is 11.5. The fourth-order valence-corrected chi connectivity index (χ4v) is 2.70. The number of nitrogens with zero attached hydrogens (tertiary/aromatic N) is 3. The third-order valence-corrected chi connectivity index (χ3v) is 3.59. The van der Waals surface area contributed by atoms with Crippen molar-refractivity contribution in [2.24, 2.45) is 0 Å². The average Bonchev–Trinajstić information content (AvgIpc) is 2.73. The van der Waals surface area contributed by atoms with Gasteiger partial charge in [0.1, 0.15) is 5.82 Å². The second-order valence-corrected chi connectivity index (χ2v) is 5.23. The average molecular weight is 252 g/mol. The van der Waals surface area contributed by atoms with Gasteiger partial charge in [0.05, 0.1) is 5.69 Å². The van der Waals surface area contributed by atoms with Crippen LogP contribution in [-0.4, -0.2) is 41.0 Å². The predicted octanol–water partition coefficient (Wildman–Crippen LogP) is 2.13. The number of likely N-dealkylation sites (N-methyl/N-ethyl adjacent to an activating group) is 1. The van der Waals surface area contributed by atoms with Crippen molar-refractivity contribution in [2.45, 2.75) is 45.2 Å². The minimum absolute atomic E-state index is 0.267. The van der Waals surface area contributed by atoms with Crippen molar-refractivity contribution in [3.8, 4) is 0 Å². The molecule has 1 aromatic heterocycles. The number of hydrogen-bond acceptors (Lipinski definition) is 4. The summed E-state index contributed by atoms with van der Waals surface area (Å²) in [6, 6.07) is 0.711. The van der Waals surface area contributed by atoms with Gasteiger partial charge in [0, 0.05) is 12.1 Å². The molecule has 0 radical (unpaired) electrons. The first kappa shape index (κ1) is 13.2. The van der Waals surface area contributed by atoms with Crippen molar-refractivity contribution in [3.05, 3.63) is 17.3 Å². The van der Waals surface area contributed by atoms with Gasteiger partial charge in [0.2, 0.25) is 0 Å². The summed E-state index contributed by atoms with van der Waals surface area (Å²) in [5.41, 5.74) is 0.407. The van der Waals surface area contributed by atoms with E-state index in [-0.39, 0.29) is 11.9 Å². The first-order valence-corrected chi connectivity index (χ1v) is 6.42. The molecule has 0 bridgehead atoms. The molecule has 0 unspecified atom stereocenters. The smallest absolute Gasteiger partial charge is 0.186 e. The summed E-state index contributed by atoms with van der Waals surface area (Å²) in [4.78, 5) is 10.4. The number of hydrogen-bond donors (Lipinski definition) is 1. The van der Waals surface area contributed by atoms with Crippen LogP contribution in [0.5, 0.6) is 0 Å². The van der Waals surface area contributed by atoms with Crippen LogP contribution in [0.4, 0.5) is 10.2 Å². The summed E-state index contributed by atoms with van der Waals surface area (Å²) >= 11 is 0. The van der Waals surface area contributed by atoms with E-state index in [2.05, 4.69) is 34.3 Å². The highest BCUT2D eigenvalue weighted by Gasteiger charge is 2.29. The molecule has 5 heteroatoms. The molecule has 0 spiro atoms. The molecule has 0 aliphatic heterocycles. The lowest BCUT2D eigenvalue weighted by atomic mass is 10.1. The van der Waals surface area contributed by atoms with E-state index in [9.17, 15) is 4.39 Å². The molecule has 1 heterocycles. The van der Waals surface area contributed by atoms with E-state index in [4.69, 9.17) is 0 Å². The summed E-state index contributed by atoms with van der Waals surface area (Å²) in [6.45, 7) is 3.46. The molecule has 1 aliphatic carbocycles. The zero-order chi connectivity index (χ0) is 13.3. The summed E-state index contributed by atoms with van der Waals surface area (Å²) in [6.07, 6.45) is 3.38. The van der Waals surface area contributed by atoms with Crippen molar-refractivity contribution in [1.29, 1.82) is 0 Å². The Bertz CT molecular complexity index is 433. The largest absolute Gasteiger partial charge is 0.363 e. The van der Waals surface area contributed by atoms with Crippen LogP contribution in [0.15, 0.2) is 0 Å². The van der Waals surface area contributed by atoms with Gasteiger partial charge in [-0.2, -0.15) is 0 Å². The van der Waals surface area contributed by atoms with Crippen molar-refractivity contribution in [3.63, 3.8) is 0 Å². The SMILES string of the molecule is Cc1nc(C)c(F)c(N[C@@H]2CCC[C@H]2N(C)C)n1. The lowest BCUT2D eigenvalue weighted by Gasteiger charge is -2.27. The summed E-state index contributed by atoms with van der Waals surface area (Å²) < 4.78 is 14.0. The van der Waals surface area contributed by atoms with E-state index < -0.39 is 0 Å². The van der Waals surface area contributed by atoms with Gasteiger partial charge in [-0.05, 0) is 47.2 Å². The van der Waals surface area contributed by atoms with Crippen molar-refractivity contribution in [1.82, 2.24) is 14.9 Å². The van der Waals surface area contributed by atoms with Crippen LogP contribution in [0.25, 0.3) is 0 Å². The molecule has 0 aromatic carbocycles. The molecule has 0 amide bonds. The second kappa shape index (κ2) is 5.18. The van der Waals surface area contributed by atoms with E-state index in [1.165, 1.54) is 6.42 Å². The Morgan fingerprint density at radius 1 is 1.22 bits per heavy atom. The maximum absolute atomic E-state index is 14.0. The van der Waals surface area contributed by atoms with Crippen LogP contribution in [-0.2, 0) is 0 Å². The Kier molecular flexibility index (Phi) is 3.80. The molecule has 1 aromatic rings. The monoisotopic (exact) mass is 252 g/mol. The highest BCUT2D eigenvalue weighted by molar-refractivity contribution is 5.39. The molecule has 1 saturated carbocycles. The van der Waals surface area contributed by atoms with E-state index in [1.54, 1.807) is 13.8 Å². The van der Waals surface area contributed by atoms with Gasteiger partial charge in [-0.1, -0.05) is 0 Å². The fourth-order valence-electron chi connectivity index (χ4n) is 2.70. The standard InChI is InChI=1S/C13H21FN4/c1-8-12(14)13(16-9(2)15-8)17-10-6-5-7-11(10)18(3)4/h10-11H,5-7H2,1-4H3,(H,15,16,17)/t10-,11-/m1/s1. The first-order chi connectivity index (χ1) is 8.49. The Morgan fingerprint density at radius 3 is 2.61 bits per heavy atom. The van der Waals surface area contributed by atoms with Crippen molar-refractivity contribution >= 4 is 5.82 Å². The zero-order valence-electron chi connectivity index (χ0n) is 11.5. The number of nitrogens with one attached hydrogen (secondary N) is 1. The molecule has 1 N–H and O–H groups in total. The number of aromatic nitrogens is 2. The Balaban J connectivity index is 2.19. The van der Waals surface area contributed by atoms with Crippen molar-refractivity contribution in [2.75, 3.05) is 19.4 Å². The van der Waals surface area contributed by atoms with Gasteiger partial charge >= 0.3 is 0 Å². The van der Waals surface area contributed by atoms with Gasteiger partial charge in [0.15, 0.2) is 11.6 Å². The van der Waals surface area contributed by atoms with E-state index in [0.29, 0.717) is 23.4 Å². The predicted molar refractivity (Wildman–Crippen MR) is 70.2 cm³/mol. The molecule has 4 nitrogen and oxygen atoms in total. The highest BCUT2D eigenvalue weighted by Crippen LogP contribution is 2.26. The third-order valence-electron chi connectivity index (χ3n) is 3.59. The van der Waals surface area contributed by atoms with Gasteiger partial charge < -0.3 is 10.2 Å². The highest BCUT2D eigenvalue weighted by atomic mass is 19.1. The normalized spacial score (nSPS) is 23.7. The van der Waals surface area contributed by atoms with Crippen LogP contribution < -0.4 is 5.32 Å². The van der Waals surface area contributed by atoms with Crippen molar-refractivity contribution < 1.29 is 4.39 Å². The molecule has 2 atom stereocenters. The van der Waals surface area contributed by atoms with Crippen LogP contribution in [0, 0.1) is 19.7 Å². The molecular weight excluding hydrogens is 231 g/mol. The lowest BCUT2D eigenvalue weighted by Crippen LogP contribution is -2.39. The van der Waals surface area contributed by atoms with Crippen LogP contribution in [0.2, 0.25) is 0 Å². The molecule has 1 aliphatic rings. The van der Waals surface area contributed by atoms with E-state index in [0.717, 1.165) is 12.8 Å². The van der Waals surface area contributed by atoms with Gasteiger partial charge in [-0.15, -0.1) is 0 Å².